The quantitative estimate of drug-likeness (QED) is 0.852. The molecule has 0 amide bonds. The minimum atomic E-state index is 0.289. The van der Waals surface area contributed by atoms with Crippen LogP contribution in [0.1, 0.15) is 6.92 Å². The Morgan fingerprint density at radius 1 is 1.35 bits per heavy atom. The molecule has 2 rings (SSSR count). The summed E-state index contributed by atoms with van der Waals surface area (Å²) in [7, 11) is 1.70. The average molecular weight is 232 g/mol. The highest BCUT2D eigenvalue weighted by Crippen LogP contribution is 2.13. The summed E-state index contributed by atoms with van der Waals surface area (Å²) in [6.45, 7) is 2.76. The summed E-state index contributed by atoms with van der Waals surface area (Å²) in [6, 6.07) is 8.32. The van der Waals surface area contributed by atoms with Crippen molar-refractivity contribution in [2.45, 2.75) is 13.0 Å². The fraction of sp³-hybridized carbons (Fsp3) is 0.333. The number of ether oxygens (including phenoxy) is 1. The van der Waals surface area contributed by atoms with Crippen molar-refractivity contribution < 1.29 is 4.74 Å². The second-order valence-electron chi connectivity index (χ2n) is 3.89. The van der Waals surface area contributed by atoms with E-state index < -0.39 is 0 Å². The van der Waals surface area contributed by atoms with Crippen LogP contribution in [0.25, 0.3) is 5.69 Å². The molecule has 1 unspecified atom stereocenters. The van der Waals surface area contributed by atoms with Gasteiger partial charge in [-0.25, -0.2) is 9.67 Å². The van der Waals surface area contributed by atoms with Crippen molar-refractivity contribution in [2.75, 3.05) is 19.0 Å². The molecule has 90 valence electrons. The normalized spacial score (nSPS) is 12.4. The first-order chi connectivity index (χ1) is 8.29. The van der Waals surface area contributed by atoms with Gasteiger partial charge in [-0.05, 0) is 31.2 Å². The molecule has 5 nitrogen and oxygen atoms in total. The van der Waals surface area contributed by atoms with Gasteiger partial charge in [-0.15, -0.1) is 0 Å². The van der Waals surface area contributed by atoms with Gasteiger partial charge in [0, 0.05) is 18.8 Å². The van der Waals surface area contributed by atoms with Gasteiger partial charge in [0.1, 0.15) is 12.7 Å². The highest BCUT2D eigenvalue weighted by Gasteiger charge is 2.01. The first-order valence-electron chi connectivity index (χ1n) is 5.50. The van der Waals surface area contributed by atoms with E-state index in [1.807, 2.05) is 24.3 Å². The van der Waals surface area contributed by atoms with Crippen LogP contribution in [0, 0.1) is 0 Å². The van der Waals surface area contributed by atoms with Crippen LogP contribution in [-0.4, -0.2) is 34.5 Å². The highest BCUT2D eigenvalue weighted by molar-refractivity contribution is 5.48. The Morgan fingerprint density at radius 3 is 2.71 bits per heavy atom. The van der Waals surface area contributed by atoms with Gasteiger partial charge in [-0.1, -0.05) is 0 Å². The van der Waals surface area contributed by atoms with E-state index in [4.69, 9.17) is 4.74 Å². The van der Waals surface area contributed by atoms with Crippen LogP contribution < -0.4 is 5.32 Å². The SMILES string of the molecule is COCC(C)Nc1ccc(-n2cncn2)cc1. The van der Waals surface area contributed by atoms with Crippen LogP contribution in [0.5, 0.6) is 0 Å². The number of benzene rings is 1. The number of nitrogens with zero attached hydrogens (tertiary/aromatic N) is 3. The van der Waals surface area contributed by atoms with E-state index in [0.717, 1.165) is 11.4 Å². The standard InChI is InChI=1S/C12H16N4O/c1-10(7-17-2)15-11-3-5-12(6-4-11)16-9-13-8-14-16/h3-6,8-10,15H,7H2,1-2H3. The zero-order chi connectivity index (χ0) is 12.1. The zero-order valence-electron chi connectivity index (χ0n) is 10.00. The van der Waals surface area contributed by atoms with Crippen LogP contribution >= 0.6 is 0 Å². The Balaban J connectivity index is 2.03. The van der Waals surface area contributed by atoms with Crippen molar-refractivity contribution >= 4 is 5.69 Å². The number of hydrogen-bond acceptors (Lipinski definition) is 4. The minimum absolute atomic E-state index is 0.289. The fourth-order valence-electron chi connectivity index (χ4n) is 1.63. The van der Waals surface area contributed by atoms with Crippen molar-refractivity contribution in [1.82, 2.24) is 14.8 Å². The summed E-state index contributed by atoms with van der Waals surface area (Å²) >= 11 is 0. The van der Waals surface area contributed by atoms with E-state index in [1.165, 1.54) is 6.33 Å². The van der Waals surface area contributed by atoms with E-state index in [9.17, 15) is 0 Å². The third kappa shape index (κ3) is 3.04. The monoisotopic (exact) mass is 232 g/mol. The zero-order valence-corrected chi connectivity index (χ0v) is 10.00. The molecule has 0 saturated carbocycles. The van der Waals surface area contributed by atoms with Crippen LogP contribution in [0.4, 0.5) is 5.69 Å². The van der Waals surface area contributed by atoms with Gasteiger partial charge in [0.05, 0.1) is 12.3 Å². The molecule has 0 spiro atoms. The molecule has 2 aromatic rings. The fourth-order valence-corrected chi connectivity index (χ4v) is 1.63. The number of aromatic nitrogens is 3. The average Bonchev–Trinajstić information content (AvgIpc) is 2.84. The molecule has 1 aromatic carbocycles. The third-order valence-electron chi connectivity index (χ3n) is 2.38. The van der Waals surface area contributed by atoms with Crippen molar-refractivity contribution in [3.63, 3.8) is 0 Å². The van der Waals surface area contributed by atoms with E-state index in [-0.39, 0.29) is 6.04 Å². The second-order valence-corrected chi connectivity index (χ2v) is 3.89. The number of methoxy groups -OCH3 is 1. The lowest BCUT2D eigenvalue weighted by atomic mass is 10.2. The van der Waals surface area contributed by atoms with Gasteiger partial charge < -0.3 is 10.1 Å². The van der Waals surface area contributed by atoms with Crippen LogP contribution in [-0.2, 0) is 4.74 Å². The predicted molar refractivity (Wildman–Crippen MR) is 66.3 cm³/mol. The summed E-state index contributed by atoms with van der Waals surface area (Å²) in [6.07, 6.45) is 3.20. The van der Waals surface area contributed by atoms with Crippen molar-refractivity contribution in [2.24, 2.45) is 0 Å². The molecule has 5 heteroatoms. The van der Waals surface area contributed by atoms with Gasteiger partial charge in [0.25, 0.3) is 0 Å². The molecule has 0 bridgehead atoms. The summed E-state index contributed by atoms with van der Waals surface area (Å²) in [5, 5.41) is 7.42. The molecule has 1 N–H and O–H groups in total. The predicted octanol–water partition coefficient (Wildman–Crippen LogP) is 1.71. The van der Waals surface area contributed by atoms with Gasteiger partial charge in [-0.3, -0.25) is 0 Å². The Bertz CT molecular complexity index is 438. The highest BCUT2D eigenvalue weighted by atomic mass is 16.5. The van der Waals surface area contributed by atoms with Crippen LogP contribution in [0.2, 0.25) is 0 Å². The molecule has 1 aromatic heterocycles. The molecule has 1 atom stereocenters. The molecule has 0 radical (unpaired) electrons. The van der Waals surface area contributed by atoms with E-state index >= 15 is 0 Å². The molecular formula is C12H16N4O. The summed E-state index contributed by atoms with van der Waals surface area (Å²) in [5.41, 5.74) is 2.06. The number of nitrogens with one attached hydrogen (secondary N) is 1. The number of hydrogen-bond donors (Lipinski definition) is 1. The van der Waals surface area contributed by atoms with Crippen molar-refractivity contribution in [3.8, 4) is 5.69 Å². The van der Waals surface area contributed by atoms with E-state index in [1.54, 1.807) is 18.1 Å². The lowest BCUT2D eigenvalue weighted by molar-refractivity contribution is 0.190. The molecule has 0 aliphatic heterocycles. The lowest BCUT2D eigenvalue weighted by Crippen LogP contribution is -2.20. The van der Waals surface area contributed by atoms with Gasteiger partial charge in [-0.2, -0.15) is 5.10 Å². The summed E-state index contributed by atoms with van der Waals surface area (Å²) in [5.74, 6) is 0. The molecule has 1 heterocycles. The Labute approximate surface area is 100 Å². The Hall–Kier alpha value is -1.88. The molecule has 17 heavy (non-hydrogen) atoms. The molecule has 0 fully saturated rings. The third-order valence-corrected chi connectivity index (χ3v) is 2.38. The molecule has 0 saturated heterocycles. The molecular weight excluding hydrogens is 216 g/mol. The Morgan fingerprint density at radius 2 is 2.12 bits per heavy atom. The maximum atomic E-state index is 5.07. The maximum Gasteiger partial charge on any atom is 0.138 e. The van der Waals surface area contributed by atoms with Crippen LogP contribution in [0.3, 0.4) is 0 Å². The molecule has 0 aliphatic carbocycles. The van der Waals surface area contributed by atoms with E-state index in [0.29, 0.717) is 6.61 Å². The maximum absolute atomic E-state index is 5.07. The smallest absolute Gasteiger partial charge is 0.138 e. The first kappa shape index (κ1) is 11.6. The van der Waals surface area contributed by atoms with E-state index in [2.05, 4.69) is 22.3 Å². The lowest BCUT2D eigenvalue weighted by Gasteiger charge is -2.14. The minimum Gasteiger partial charge on any atom is -0.383 e. The van der Waals surface area contributed by atoms with Gasteiger partial charge in [0.15, 0.2) is 0 Å². The van der Waals surface area contributed by atoms with Gasteiger partial charge in [0.2, 0.25) is 0 Å². The van der Waals surface area contributed by atoms with Crippen molar-refractivity contribution in [1.29, 1.82) is 0 Å². The number of rotatable bonds is 5. The Kier molecular flexibility index (Phi) is 3.72. The topological polar surface area (TPSA) is 52.0 Å². The summed E-state index contributed by atoms with van der Waals surface area (Å²) in [4.78, 5) is 3.91. The first-order valence-corrected chi connectivity index (χ1v) is 5.50. The van der Waals surface area contributed by atoms with Crippen molar-refractivity contribution in [3.05, 3.63) is 36.9 Å². The second kappa shape index (κ2) is 5.45. The number of anilines is 1. The van der Waals surface area contributed by atoms with Crippen LogP contribution in [0.15, 0.2) is 36.9 Å². The van der Waals surface area contributed by atoms with Gasteiger partial charge >= 0.3 is 0 Å². The largest absolute Gasteiger partial charge is 0.383 e. The molecule has 0 aliphatic rings. The summed E-state index contributed by atoms with van der Waals surface area (Å²) < 4.78 is 6.80.